The van der Waals surface area contributed by atoms with Crippen molar-refractivity contribution in [3.05, 3.63) is 45.8 Å². The summed E-state index contributed by atoms with van der Waals surface area (Å²) in [5.74, 6) is 0.511. The average molecular weight is 347 g/mol. The van der Waals surface area contributed by atoms with E-state index in [-0.39, 0.29) is 16.9 Å². The summed E-state index contributed by atoms with van der Waals surface area (Å²) < 4.78 is 16.6. The van der Waals surface area contributed by atoms with Gasteiger partial charge in [-0.25, -0.2) is 4.79 Å². The van der Waals surface area contributed by atoms with E-state index in [2.05, 4.69) is 0 Å². The zero-order valence-electron chi connectivity index (χ0n) is 12.8. The molecule has 1 N–H and O–H groups in total. The van der Waals surface area contributed by atoms with Crippen LogP contribution in [0.15, 0.2) is 39.5 Å². The molecule has 1 aliphatic heterocycles. The maximum Gasteiger partial charge on any atom is 0.344 e. The minimum Gasteiger partial charge on any atom is -0.506 e. The Morgan fingerprint density at radius 2 is 1.88 bits per heavy atom. The first kappa shape index (κ1) is 15.3. The number of phenols is 1. The summed E-state index contributed by atoms with van der Waals surface area (Å²) in [6.07, 6.45) is 1.76. The predicted octanol–water partition coefficient (Wildman–Crippen LogP) is 3.86. The Bertz CT molecular complexity index is 972. The van der Waals surface area contributed by atoms with Gasteiger partial charge in [0, 0.05) is 29.7 Å². The van der Waals surface area contributed by atoms with E-state index < -0.39 is 5.63 Å². The number of hydrogen-bond acceptors (Lipinski definition) is 5. The van der Waals surface area contributed by atoms with Crippen LogP contribution in [-0.4, -0.2) is 24.4 Å². The zero-order chi connectivity index (χ0) is 16.7. The van der Waals surface area contributed by atoms with Gasteiger partial charge in [0.1, 0.15) is 23.2 Å². The molecule has 5 nitrogen and oxygen atoms in total. The fourth-order valence-electron chi connectivity index (χ4n) is 2.98. The van der Waals surface area contributed by atoms with Gasteiger partial charge in [0.25, 0.3) is 0 Å². The van der Waals surface area contributed by atoms with Crippen molar-refractivity contribution in [3.8, 4) is 11.5 Å². The first-order valence-corrected chi connectivity index (χ1v) is 8.13. The summed E-state index contributed by atoms with van der Waals surface area (Å²) in [4.78, 5) is 12.3. The van der Waals surface area contributed by atoms with Gasteiger partial charge in [-0.05, 0) is 24.3 Å². The lowest BCUT2D eigenvalue weighted by molar-refractivity contribution is 0.0256. The smallest absolute Gasteiger partial charge is 0.344 e. The molecular formula is C18H15ClO5. The second-order valence-corrected chi connectivity index (χ2v) is 6.23. The van der Waals surface area contributed by atoms with Crippen LogP contribution in [-0.2, 0) is 4.74 Å². The Kier molecular flexibility index (Phi) is 3.82. The van der Waals surface area contributed by atoms with Crippen molar-refractivity contribution in [2.24, 2.45) is 0 Å². The Morgan fingerprint density at radius 3 is 2.67 bits per heavy atom. The van der Waals surface area contributed by atoms with Gasteiger partial charge in [-0.1, -0.05) is 11.6 Å². The van der Waals surface area contributed by atoms with Crippen LogP contribution in [0, 0.1) is 0 Å². The van der Waals surface area contributed by atoms with Crippen molar-refractivity contribution in [2.45, 2.75) is 18.9 Å². The highest BCUT2D eigenvalue weighted by Crippen LogP contribution is 2.33. The van der Waals surface area contributed by atoms with E-state index >= 15 is 0 Å². The number of rotatable bonds is 2. The highest BCUT2D eigenvalue weighted by atomic mass is 35.5. The summed E-state index contributed by atoms with van der Waals surface area (Å²) in [6, 6.07) is 8.28. The van der Waals surface area contributed by atoms with Crippen LogP contribution in [0.25, 0.3) is 21.7 Å². The molecule has 0 bridgehead atoms. The van der Waals surface area contributed by atoms with Crippen molar-refractivity contribution in [3.63, 3.8) is 0 Å². The molecule has 1 aliphatic rings. The van der Waals surface area contributed by atoms with E-state index in [4.69, 9.17) is 25.5 Å². The highest BCUT2D eigenvalue weighted by Gasteiger charge is 2.17. The molecule has 0 atom stereocenters. The molecule has 3 aromatic rings. The molecule has 0 saturated carbocycles. The zero-order valence-corrected chi connectivity index (χ0v) is 13.5. The molecule has 1 aromatic heterocycles. The molecule has 2 aromatic carbocycles. The summed E-state index contributed by atoms with van der Waals surface area (Å²) in [5, 5.41) is 11.7. The second kappa shape index (κ2) is 6.00. The summed E-state index contributed by atoms with van der Waals surface area (Å²) in [7, 11) is 0. The Balaban J connectivity index is 1.81. The summed E-state index contributed by atoms with van der Waals surface area (Å²) >= 11 is 5.98. The van der Waals surface area contributed by atoms with Gasteiger partial charge in [-0.15, -0.1) is 0 Å². The monoisotopic (exact) mass is 346 g/mol. The second-order valence-electron chi connectivity index (χ2n) is 5.83. The van der Waals surface area contributed by atoms with Crippen LogP contribution in [0.1, 0.15) is 12.8 Å². The lowest BCUT2D eigenvalue weighted by Gasteiger charge is -2.23. The number of aromatic hydroxyl groups is 1. The minimum atomic E-state index is -0.475. The van der Waals surface area contributed by atoms with Gasteiger partial charge in [0.05, 0.1) is 23.6 Å². The number of fused-ring (bicyclic) bond motifs is 3. The average Bonchev–Trinajstić information content (AvgIpc) is 2.58. The quantitative estimate of drug-likeness (QED) is 0.563. The number of ether oxygens (including phenoxy) is 2. The first-order chi connectivity index (χ1) is 11.6. The molecule has 0 spiro atoms. The van der Waals surface area contributed by atoms with E-state index in [0.29, 0.717) is 40.7 Å². The fourth-order valence-corrected chi connectivity index (χ4v) is 3.14. The fraction of sp³-hybridized carbons (Fsp3) is 0.278. The van der Waals surface area contributed by atoms with Crippen molar-refractivity contribution < 1.29 is 19.0 Å². The first-order valence-electron chi connectivity index (χ1n) is 7.75. The number of hydrogen-bond donors (Lipinski definition) is 1. The van der Waals surface area contributed by atoms with Gasteiger partial charge in [0.15, 0.2) is 0 Å². The van der Waals surface area contributed by atoms with Crippen molar-refractivity contribution in [2.75, 3.05) is 13.2 Å². The maximum atomic E-state index is 12.3. The number of benzene rings is 2. The molecule has 4 rings (SSSR count). The van der Waals surface area contributed by atoms with Gasteiger partial charge >= 0.3 is 5.63 Å². The third-order valence-electron chi connectivity index (χ3n) is 4.22. The van der Waals surface area contributed by atoms with Crippen molar-refractivity contribution in [1.29, 1.82) is 0 Å². The number of halogens is 1. The topological polar surface area (TPSA) is 68.9 Å². The van der Waals surface area contributed by atoms with Crippen LogP contribution in [0.3, 0.4) is 0 Å². The molecule has 0 radical (unpaired) electrons. The standard InChI is InChI=1S/C18H15ClO5/c19-15-8-13-12-2-1-11(23-10-3-5-22-6-4-10)7-14(12)18(21)24-17(13)9-16(15)20/h1-2,7-10,20H,3-6H2. The number of phenolic OH excluding ortho intramolecular Hbond substituents is 1. The minimum absolute atomic E-state index is 0.0927. The molecule has 1 saturated heterocycles. The molecule has 0 aliphatic carbocycles. The third-order valence-corrected chi connectivity index (χ3v) is 4.53. The summed E-state index contributed by atoms with van der Waals surface area (Å²) in [5.41, 5.74) is -0.177. The lowest BCUT2D eigenvalue weighted by Crippen LogP contribution is -2.25. The van der Waals surface area contributed by atoms with Crippen LogP contribution < -0.4 is 10.4 Å². The van der Waals surface area contributed by atoms with Crippen LogP contribution >= 0.6 is 11.6 Å². The Hall–Kier alpha value is -2.24. The van der Waals surface area contributed by atoms with Gasteiger partial charge < -0.3 is 19.0 Å². The van der Waals surface area contributed by atoms with Gasteiger partial charge in [-0.2, -0.15) is 0 Å². The molecule has 124 valence electrons. The van der Waals surface area contributed by atoms with Crippen LogP contribution in [0.4, 0.5) is 0 Å². The predicted molar refractivity (Wildman–Crippen MR) is 91.1 cm³/mol. The molecule has 24 heavy (non-hydrogen) atoms. The van der Waals surface area contributed by atoms with Crippen molar-refractivity contribution in [1.82, 2.24) is 0 Å². The van der Waals surface area contributed by atoms with E-state index in [1.807, 2.05) is 12.1 Å². The third kappa shape index (κ3) is 2.70. The normalized spacial score (nSPS) is 15.9. The highest BCUT2D eigenvalue weighted by molar-refractivity contribution is 6.33. The lowest BCUT2D eigenvalue weighted by atomic mass is 10.1. The van der Waals surface area contributed by atoms with Crippen molar-refractivity contribution >= 4 is 33.3 Å². The Morgan fingerprint density at radius 1 is 1.08 bits per heavy atom. The largest absolute Gasteiger partial charge is 0.506 e. The maximum absolute atomic E-state index is 12.3. The molecule has 6 heteroatoms. The molecule has 1 fully saturated rings. The molecular weight excluding hydrogens is 332 g/mol. The van der Waals surface area contributed by atoms with Crippen LogP contribution in [0.5, 0.6) is 11.5 Å². The SMILES string of the molecule is O=c1oc2cc(O)c(Cl)cc2c2ccc(OC3CCOCC3)cc12. The van der Waals surface area contributed by atoms with E-state index in [1.165, 1.54) is 6.07 Å². The molecule has 2 heterocycles. The van der Waals surface area contributed by atoms with Gasteiger partial charge in [-0.3, -0.25) is 0 Å². The molecule has 0 unspecified atom stereocenters. The van der Waals surface area contributed by atoms with E-state index in [1.54, 1.807) is 12.1 Å². The van der Waals surface area contributed by atoms with E-state index in [9.17, 15) is 9.90 Å². The van der Waals surface area contributed by atoms with Gasteiger partial charge in [0.2, 0.25) is 0 Å². The van der Waals surface area contributed by atoms with E-state index in [0.717, 1.165) is 12.8 Å². The molecule has 0 amide bonds. The summed E-state index contributed by atoms with van der Waals surface area (Å²) in [6.45, 7) is 1.38. The Labute approximate surface area is 142 Å². The van der Waals surface area contributed by atoms with Crippen LogP contribution in [0.2, 0.25) is 5.02 Å².